The molecule has 0 atom stereocenters. The van der Waals surface area contributed by atoms with E-state index in [0.29, 0.717) is 26.9 Å². The molecule has 0 radical (unpaired) electrons. The number of aromatic hydroxyl groups is 1. The van der Waals surface area contributed by atoms with E-state index in [4.69, 9.17) is 23.2 Å². The first kappa shape index (κ1) is 12.8. The quantitative estimate of drug-likeness (QED) is 0.643. The van der Waals surface area contributed by atoms with Gasteiger partial charge in [-0.25, -0.2) is 4.98 Å². The summed E-state index contributed by atoms with van der Waals surface area (Å²) in [6.07, 6.45) is 0. The van der Waals surface area contributed by atoms with E-state index in [0.717, 1.165) is 9.99 Å². The van der Waals surface area contributed by atoms with Crippen LogP contribution < -0.4 is 0 Å². The van der Waals surface area contributed by atoms with Crippen LogP contribution in [0.5, 0.6) is 5.75 Å². The molecule has 0 amide bonds. The van der Waals surface area contributed by atoms with Gasteiger partial charge in [0.1, 0.15) is 11.6 Å². The van der Waals surface area contributed by atoms with Gasteiger partial charge in [-0.1, -0.05) is 39.1 Å². The maximum absolute atomic E-state index is 9.89. The van der Waals surface area contributed by atoms with E-state index in [1.54, 1.807) is 30.3 Å². The highest BCUT2D eigenvalue weighted by Gasteiger charge is 2.11. The maximum Gasteiger partial charge on any atom is 0.142 e. The number of aromatic nitrogens is 2. The molecule has 1 heterocycles. The van der Waals surface area contributed by atoms with Gasteiger partial charge in [-0.3, -0.25) is 0 Å². The molecule has 3 rings (SSSR count). The predicted octanol–water partition coefficient (Wildman–Crippen LogP) is 5.00. The zero-order chi connectivity index (χ0) is 13.6. The average Bonchev–Trinajstić information content (AvgIpc) is 2.75. The number of phenols is 1. The summed E-state index contributed by atoms with van der Waals surface area (Å²) in [6, 6.07) is 8.55. The molecule has 0 aliphatic rings. The van der Waals surface area contributed by atoms with Gasteiger partial charge in [0.25, 0.3) is 0 Å². The van der Waals surface area contributed by atoms with E-state index >= 15 is 0 Å². The van der Waals surface area contributed by atoms with Crippen LogP contribution in [0.15, 0.2) is 34.8 Å². The third-order valence-corrected chi connectivity index (χ3v) is 3.95. The fourth-order valence-corrected chi connectivity index (χ4v) is 2.51. The van der Waals surface area contributed by atoms with Gasteiger partial charge in [-0.15, -0.1) is 0 Å². The number of aromatic amines is 1. The summed E-state index contributed by atoms with van der Waals surface area (Å²) in [5.74, 6) is 0.714. The van der Waals surface area contributed by atoms with Gasteiger partial charge in [0.2, 0.25) is 0 Å². The second kappa shape index (κ2) is 4.71. The van der Waals surface area contributed by atoms with Gasteiger partial charge in [0, 0.05) is 4.47 Å². The Morgan fingerprint density at radius 1 is 1.11 bits per heavy atom. The summed E-state index contributed by atoms with van der Waals surface area (Å²) in [7, 11) is 0. The minimum absolute atomic E-state index is 0.152. The minimum atomic E-state index is 0.152. The highest BCUT2D eigenvalue weighted by Crippen LogP contribution is 2.33. The van der Waals surface area contributed by atoms with Crippen LogP contribution in [0.2, 0.25) is 10.0 Å². The number of hydrogen-bond acceptors (Lipinski definition) is 2. The molecule has 96 valence electrons. The number of hydrogen-bond donors (Lipinski definition) is 2. The lowest BCUT2D eigenvalue weighted by Gasteiger charge is -2.01. The summed E-state index contributed by atoms with van der Waals surface area (Å²) < 4.78 is 0.858. The molecule has 0 aliphatic carbocycles. The number of nitrogens with zero attached hydrogens (tertiary/aromatic N) is 1. The van der Waals surface area contributed by atoms with Crippen molar-refractivity contribution in [2.75, 3.05) is 0 Å². The smallest absolute Gasteiger partial charge is 0.142 e. The summed E-state index contributed by atoms with van der Waals surface area (Å²) in [5.41, 5.74) is 2.07. The summed E-state index contributed by atoms with van der Waals surface area (Å²) in [4.78, 5) is 7.52. The van der Waals surface area contributed by atoms with Crippen LogP contribution in [-0.2, 0) is 0 Å². The SMILES string of the molecule is Oc1ccc(Br)cc1-c1nc2cc(Cl)c(Cl)cc2[nH]1. The van der Waals surface area contributed by atoms with E-state index in [2.05, 4.69) is 25.9 Å². The molecule has 2 aromatic carbocycles. The van der Waals surface area contributed by atoms with Crippen molar-refractivity contribution in [3.8, 4) is 17.1 Å². The molecule has 19 heavy (non-hydrogen) atoms. The standard InChI is InChI=1S/C13H7BrCl2N2O/c14-6-1-2-12(19)7(3-6)13-17-10-4-8(15)9(16)5-11(10)18-13/h1-5,19H,(H,17,18). The first-order valence-electron chi connectivity index (χ1n) is 5.38. The van der Waals surface area contributed by atoms with E-state index in [1.807, 2.05) is 0 Å². The molecular weight excluding hydrogens is 351 g/mol. The molecule has 0 bridgehead atoms. The first-order chi connectivity index (χ1) is 9.04. The molecule has 0 saturated carbocycles. The summed E-state index contributed by atoms with van der Waals surface area (Å²) in [5, 5.41) is 10.8. The molecule has 0 spiro atoms. The Balaban J connectivity index is 2.23. The van der Waals surface area contributed by atoms with Gasteiger partial charge < -0.3 is 10.1 Å². The Kier molecular flexibility index (Phi) is 3.17. The number of nitrogens with one attached hydrogen (secondary N) is 1. The largest absolute Gasteiger partial charge is 0.507 e. The molecule has 1 aromatic heterocycles. The number of phenolic OH excluding ortho intramolecular Hbond substituents is 1. The van der Waals surface area contributed by atoms with Gasteiger partial charge in [-0.2, -0.15) is 0 Å². The van der Waals surface area contributed by atoms with Crippen molar-refractivity contribution in [2.45, 2.75) is 0 Å². The lowest BCUT2D eigenvalue weighted by Crippen LogP contribution is -1.81. The summed E-state index contributed by atoms with van der Waals surface area (Å²) in [6.45, 7) is 0. The topological polar surface area (TPSA) is 48.9 Å². The number of imidazole rings is 1. The fourth-order valence-electron chi connectivity index (χ4n) is 1.83. The zero-order valence-electron chi connectivity index (χ0n) is 9.42. The van der Waals surface area contributed by atoms with Gasteiger partial charge >= 0.3 is 0 Å². The van der Waals surface area contributed by atoms with Crippen molar-refractivity contribution in [1.29, 1.82) is 0 Å². The molecule has 3 aromatic rings. The number of benzene rings is 2. The monoisotopic (exact) mass is 356 g/mol. The molecule has 2 N–H and O–H groups in total. The van der Waals surface area contributed by atoms with Crippen molar-refractivity contribution >= 4 is 50.2 Å². The molecule has 3 nitrogen and oxygen atoms in total. The number of halogens is 3. The third kappa shape index (κ3) is 2.31. The Bertz CT molecular complexity index is 747. The van der Waals surface area contributed by atoms with Crippen molar-refractivity contribution in [3.63, 3.8) is 0 Å². The average molecular weight is 358 g/mol. The van der Waals surface area contributed by atoms with Crippen LogP contribution in [0, 0.1) is 0 Å². The van der Waals surface area contributed by atoms with E-state index in [9.17, 15) is 5.11 Å². The Morgan fingerprint density at radius 3 is 2.63 bits per heavy atom. The van der Waals surface area contributed by atoms with Crippen LogP contribution in [0.3, 0.4) is 0 Å². The van der Waals surface area contributed by atoms with Crippen molar-refractivity contribution < 1.29 is 5.11 Å². The molecule has 0 aliphatic heterocycles. The Hall–Kier alpha value is -1.23. The summed E-state index contributed by atoms with van der Waals surface area (Å²) >= 11 is 15.3. The number of fused-ring (bicyclic) bond motifs is 1. The van der Waals surface area contributed by atoms with Gasteiger partial charge in [0.15, 0.2) is 0 Å². The lowest BCUT2D eigenvalue weighted by atomic mass is 10.2. The van der Waals surface area contributed by atoms with Gasteiger partial charge in [-0.05, 0) is 30.3 Å². The van der Waals surface area contributed by atoms with Crippen molar-refractivity contribution in [2.24, 2.45) is 0 Å². The number of H-pyrrole nitrogens is 1. The second-order valence-electron chi connectivity index (χ2n) is 4.03. The molecule has 6 heteroatoms. The molecule has 0 saturated heterocycles. The Morgan fingerprint density at radius 2 is 1.84 bits per heavy atom. The van der Waals surface area contributed by atoms with Gasteiger partial charge in [0.05, 0.1) is 26.6 Å². The minimum Gasteiger partial charge on any atom is -0.507 e. The predicted molar refractivity (Wildman–Crippen MR) is 80.9 cm³/mol. The normalized spacial score (nSPS) is 11.1. The van der Waals surface area contributed by atoms with E-state index in [-0.39, 0.29) is 5.75 Å². The van der Waals surface area contributed by atoms with Crippen LogP contribution in [0.4, 0.5) is 0 Å². The third-order valence-electron chi connectivity index (χ3n) is 2.74. The van der Waals surface area contributed by atoms with Crippen LogP contribution in [0.1, 0.15) is 0 Å². The van der Waals surface area contributed by atoms with Crippen LogP contribution in [0.25, 0.3) is 22.4 Å². The van der Waals surface area contributed by atoms with Crippen LogP contribution >= 0.6 is 39.1 Å². The van der Waals surface area contributed by atoms with Crippen molar-refractivity contribution in [1.82, 2.24) is 9.97 Å². The lowest BCUT2D eigenvalue weighted by molar-refractivity contribution is 0.477. The Labute approximate surface area is 127 Å². The van der Waals surface area contributed by atoms with Crippen molar-refractivity contribution in [3.05, 3.63) is 44.8 Å². The molecule has 0 unspecified atom stereocenters. The first-order valence-corrected chi connectivity index (χ1v) is 6.93. The fraction of sp³-hybridized carbons (Fsp3) is 0. The molecule has 0 fully saturated rings. The zero-order valence-corrected chi connectivity index (χ0v) is 12.5. The molecular formula is C13H7BrCl2N2O. The number of rotatable bonds is 1. The highest BCUT2D eigenvalue weighted by molar-refractivity contribution is 9.10. The highest BCUT2D eigenvalue weighted by atomic mass is 79.9. The van der Waals surface area contributed by atoms with E-state index in [1.165, 1.54) is 0 Å². The second-order valence-corrected chi connectivity index (χ2v) is 5.76. The van der Waals surface area contributed by atoms with Crippen LogP contribution in [-0.4, -0.2) is 15.1 Å². The van der Waals surface area contributed by atoms with E-state index < -0.39 is 0 Å². The maximum atomic E-state index is 9.89.